The lowest BCUT2D eigenvalue weighted by Gasteiger charge is -2.19. The number of carbonyl (C=O) groups excluding carboxylic acids is 2. The van der Waals surface area contributed by atoms with E-state index >= 15 is 0 Å². The van der Waals surface area contributed by atoms with Crippen molar-refractivity contribution >= 4 is 34.1 Å². The summed E-state index contributed by atoms with van der Waals surface area (Å²) in [6.45, 7) is 1.20. The van der Waals surface area contributed by atoms with Crippen LogP contribution in [0.4, 0.5) is 10.9 Å². The van der Waals surface area contributed by atoms with E-state index < -0.39 is 0 Å². The third kappa shape index (κ3) is 2.93. The molecule has 2 N–H and O–H groups in total. The standard InChI is InChI=1S/C17H18N4O3S/c1-24-11-6-4-10(5-7-11)9-18-17-20-14-13(25-17)16(23)21-8-2-3-12(21)15(22)19-14/h4-7,12H,2-3,8-9H2,1H3,(H,18,20)(H,19,22). The van der Waals surface area contributed by atoms with Crippen LogP contribution in [0.2, 0.25) is 0 Å². The van der Waals surface area contributed by atoms with Gasteiger partial charge in [0.25, 0.3) is 5.91 Å². The Kier molecular flexibility index (Phi) is 4.04. The van der Waals surface area contributed by atoms with Crippen molar-refractivity contribution in [3.05, 3.63) is 34.7 Å². The number of anilines is 2. The monoisotopic (exact) mass is 358 g/mol. The molecule has 4 rings (SSSR count). The molecule has 0 bridgehead atoms. The molecule has 1 saturated heterocycles. The first-order chi connectivity index (χ1) is 12.2. The Hall–Kier alpha value is -2.61. The van der Waals surface area contributed by atoms with Crippen molar-refractivity contribution in [3.63, 3.8) is 0 Å². The number of aromatic nitrogens is 1. The molecule has 2 aliphatic heterocycles. The highest BCUT2D eigenvalue weighted by Crippen LogP contribution is 2.34. The summed E-state index contributed by atoms with van der Waals surface area (Å²) in [5.41, 5.74) is 1.07. The quantitative estimate of drug-likeness (QED) is 0.876. The summed E-state index contributed by atoms with van der Waals surface area (Å²) in [6.07, 6.45) is 1.58. The zero-order valence-electron chi connectivity index (χ0n) is 13.7. The molecule has 130 valence electrons. The van der Waals surface area contributed by atoms with E-state index in [9.17, 15) is 9.59 Å². The summed E-state index contributed by atoms with van der Waals surface area (Å²) in [4.78, 5) is 31.5. The number of carbonyl (C=O) groups is 2. The number of hydrogen-bond donors (Lipinski definition) is 2. The van der Waals surface area contributed by atoms with Crippen LogP contribution in [0.5, 0.6) is 5.75 Å². The molecule has 3 heterocycles. The highest BCUT2D eigenvalue weighted by molar-refractivity contribution is 7.18. The fourth-order valence-electron chi connectivity index (χ4n) is 3.16. The molecule has 1 fully saturated rings. The maximum Gasteiger partial charge on any atom is 0.268 e. The number of nitrogens with zero attached hydrogens (tertiary/aromatic N) is 2. The summed E-state index contributed by atoms with van der Waals surface area (Å²) in [7, 11) is 1.63. The van der Waals surface area contributed by atoms with Gasteiger partial charge in [-0.05, 0) is 30.5 Å². The molecule has 25 heavy (non-hydrogen) atoms. The Morgan fingerprint density at radius 2 is 2.16 bits per heavy atom. The van der Waals surface area contributed by atoms with Gasteiger partial charge in [-0.1, -0.05) is 23.5 Å². The molecule has 2 aliphatic rings. The largest absolute Gasteiger partial charge is 0.497 e. The van der Waals surface area contributed by atoms with Gasteiger partial charge in [0, 0.05) is 13.1 Å². The fourth-order valence-corrected chi connectivity index (χ4v) is 4.03. The predicted octanol–water partition coefficient (Wildman–Crippen LogP) is 2.32. The lowest BCUT2D eigenvalue weighted by molar-refractivity contribution is -0.119. The molecule has 2 aromatic rings. The normalized spacial score (nSPS) is 19.1. The second-order valence-corrected chi connectivity index (χ2v) is 7.04. The van der Waals surface area contributed by atoms with Crippen LogP contribution in [-0.2, 0) is 11.3 Å². The summed E-state index contributed by atoms with van der Waals surface area (Å²) in [5, 5.41) is 6.63. The zero-order chi connectivity index (χ0) is 17.4. The van der Waals surface area contributed by atoms with E-state index in [0.29, 0.717) is 28.9 Å². The van der Waals surface area contributed by atoms with Crippen LogP contribution in [0.15, 0.2) is 24.3 Å². The molecule has 2 amide bonds. The first-order valence-electron chi connectivity index (χ1n) is 8.15. The molecular weight excluding hydrogens is 340 g/mol. The maximum atomic E-state index is 12.7. The van der Waals surface area contributed by atoms with Crippen LogP contribution < -0.4 is 15.4 Å². The van der Waals surface area contributed by atoms with Gasteiger partial charge in [0.05, 0.1) is 7.11 Å². The van der Waals surface area contributed by atoms with Gasteiger partial charge < -0.3 is 20.3 Å². The number of methoxy groups -OCH3 is 1. The van der Waals surface area contributed by atoms with E-state index in [1.807, 2.05) is 24.3 Å². The minimum absolute atomic E-state index is 0.106. The third-order valence-electron chi connectivity index (χ3n) is 4.48. The molecule has 1 aromatic carbocycles. The summed E-state index contributed by atoms with van der Waals surface area (Å²) < 4.78 is 5.14. The van der Waals surface area contributed by atoms with Gasteiger partial charge in [0.1, 0.15) is 16.7 Å². The second-order valence-electron chi connectivity index (χ2n) is 6.04. The zero-order valence-corrected chi connectivity index (χ0v) is 14.6. The molecular formula is C17H18N4O3S. The summed E-state index contributed by atoms with van der Waals surface area (Å²) in [5.74, 6) is 0.923. The molecule has 0 radical (unpaired) electrons. The summed E-state index contributed by atoms with van der Waals surface area (Å²) in [6, 6.07) is 7.36. The van der Waals surface area contributed by atoms with Crippen LogP contribution in [0.1, 0.15) is 28.1 Å². The van der Waals surface area contributed by atoms with Crippen LogP contribution in [0.3, 0.4) is 0 Å². The molecule has 1 atom stereocenters. The Balaban J connectivity index is 1.51. The van der Waals surface area contributed by atoms with Gasteiger partial charge in [0.2, 0.25) is 5.91 Å². The second kappa shape index (κ2) is 6.36. The first kappa shape index (κ1) is 15.9. The molecule has 0 aliphatic carbocycles. The Morgan fingerprint density at radius 1 is 1.36 bits per heavy atom. The van der Waals surface area contributed by atoms with E-state index in [0.717, 1.165) is 24.2 Å². The predicted molar refractivity (Wildman–Crippen MR) is 95.1 cm³/mol. The number of benzene rings is 1. The fraction of sp³-hybridized carbons (Fsp3) is 0.353. The number of nitrogens with one attached hydrogen (secondary N) is 2. The first-order valence-corrected chi connectivity index (χ1v) is 8.97. The van der Waals surface area contributed by atoms with Crippen molar-refractivity contribution in [1.82, 2.24) is 9.88 Å². The third-order valence-corrected chi connectivity index (χ3v) is 5.48. The lowest BCUT2D eigenvalue weighted by atomic mass is 10.2. The van der Waals surface area contributed by atoms with E-state index in [2.05, 4.69) is 15.6 Å². The van der Waals surface area contributed by atoms with Gasteiger partial charge in [0.15, 0.2) is 10.9 Å². The molecule has 1 unspecified atom stereocenters. The highest BCUT2D eigenvalue weighted by atomic mass is 32.1. The molecule has 1 aromatic heterocycles. The average molecular weight is 358 g/mol. The van der Waals surface area contributed by atoms with E-state index in [1.165, 1.54) is 11.3 Å². The molecule has 0 spiro atoms. The van der Waals surface area contributed by atoms with Gasteiger partial charge >= 0.3 is 0 Å². The Labute approximate surface area is 149 Å². The Bertz CT molecular complexity index is 818. The number of amides is 2. The number of rotatable bonds is 4. The minimum atomic E-state index is -0.357. The van der Waals surface area contributed by atoms with Gasteiger partial charge in [-0.15, -0.1) is 0 Å². The van der Waals surface area contributed by atoms with E-state index in [1.54, 1.807) is 12.0 Å². The van der Waals surface area contributed by atoms with Crippen molar-refractivity contribution in [3.8, 4) is 5.75 Å². The molecule has 0 saturated carbocycles. The van der Waals surface area contributed by atoms with Crippen LogP contribution in [0, 0.1) is 0 Å². The average Bonchev–Trinajstić information content (AvgIpc) is 3.25. The lowest BCUT2D eigenvalue weighted by Crippen LogP contribution is -2.40. The van der Waals surface area contributed by atoms with Crippen molar-refractivity contribution in [2.45, 2.75) is 25.4 Å². The van der Waals surface area contributed by atoms with Crippen LogP contribution in [-0.4, -0.2) is 41.4 Å². The molecule has 8 heteroatoms. The number of ether oxygens (including phenoxy) is 1. The minimum Gasteiger partial charge on any atom is -0.497 e. The van der Waals surface area contributed by atoms with Crippen molar-refractivity contribution in [2.75, 3.05) is 24.3 Å². The van der Waals surface area contributed by atoms with Gasteiger partial charge in [-0.25, -0.2) is 4.98 Å². The molecule has 7 nitrogen and oxygen atoms in total. The number of thiazole rings is 1. The Morgan fingerprint density at radius 3 is 2.92 bits per heavy atom. The number of fused-ring (bicyclic) bond motifs is 2. The SMILES string of the molecule is COc1ccc(CNc2nc3c(s2)C(=O)N2CCCC2C(=O)N3)cc1. The van der Waals surface area contributed by atoms with Crippen LogP contribution >= 0.6 is 11.3 Å². The highest BCUT2D eigenvalue weighted by Gasteiger charge is 2.40. The van der Waals surface area contributed by atoms with E-state index in [-0.39, 0.29) is 17.9 Å². The van der Waals surface area contributed by atoms with Crippen molar-refractivity contribution in [1.29, 1.82) is 0 Å². The summed E-state index contributed by atoms with van der Waals surface area (Å²) >= 11 is 1.28. The van der Waals surface area contributed by atoms with Gasteiger partial charge in [-0.2, -0.15) is 0 Å². The van der Waals surface area contributed by atoms with E-state index in [4.69, 9.17) is 4.74 Å². The van der Waals surface area contributed by atoms with Gasteiger partial charge in [-0.3, -0.25) is 9.59 Å². The number of hydrogen-bond acceptors (Lipinski definition) is 6. The van der Waals surface area contributed by atoms with Crippen molar-refractivity contribution in [2.24, 2.45) is 0 Å². The van der Waals surface area contributed by atoms with Crippen LogP contribution in [0.25, 0.3) is 0 Å². The smallest absolute Gasteiger partial charge is 0.268 e. The van der Waals surface area contributed by atoms with Crippen molar-refractivity contribution < 1.29 is 14.3 Å². The topological polar surface area (TPSA) is 83.6 Å². The maximum absolute atomic E-state index is 12.7.